The lowest BCUT2D eigenvalue weighted by atomic mass is 10.1. The van der Waals surface area contributed by atoms with E-state index in [0.29, 0.717) is 31.6 Å². The lowest BCUT2D eigenvalue weighted by molar-refractivity contribution is -0.139. The van der Waals surface area contributed by atoms with Gasteiger partial charge in [-0.15, -0.1) is 0 Å². The van der Waals surface area contributed by atoms with Crippen LogP contribution in [0.3, 0.4) is 0 Å². The largest absolute Gasteiger partial charge is 0.377 e. The van der Waals surface area contributed by atoms with Gasteiger partial charge in [-0.1, -0.05) is 12.1 Å². The molecule has 1 aromatic carbocycles. The van der Waals surface area contributed by atoms with Gasteiger partial charge in [-0.05, 0) is 37.5 Å². The lowest BCUT2D eigenvalue weighted by Crippen LogP contribution is -2.43. The summed E-state index contributed by atoms with van der Waals surface area (Å²) in [6, 6.07) is 7.17. The van der Waals surface area contributed by atoms with Gasteiger partial charge in [0.2, 0.25) is 11.8 Å². The van der Waals surface area contributed by atoms with Crippen molar-refractivity contribution in [3.05, 3.63) is 35.4 Å². The van der Waals surface area contributed by atoms with Crippen molar-refractivity contribution in [3.63, 3.8) is 0 Å². The summed E-state index contributed by atoms with van der Waals surface area (Å²) in [5, 5.41) is 0. The predicted octanol–water partition coefficient (Wildman–Crippen LogP) is 1.98. The van der Waals surface area contributed by atoms with Crippen molar-refractivity contribution in [3.8, 4) is 0 Å². The molecule has 134 valence electrons. The average Bonchev–Trinajstić information content (AvgIpc) is 2.94. The highest BCUT2D eigenvalue weighted by Crippen LogP contribution is 2.19. The average molecular weight is 344 g/mol. The Bertz CT molecular complexity index is 638. The number of likely N-dealkylation sites (tertiary alicyclic amines) is 2. The molecule has 0 saturated carbocycles. The third kappa shape index (κ3) is 4.07. The highest BCUT2D eigenvalue weighted by Gasteiger charge is 2.29. The van der Waals surface area contributed by atoms with Crippen LogP contribution < -0.4 is 0 Å². The third-order valence-electron chi connectivity index (χ3n) is 4.76. The number of carbonyl (C=O) groups excluding carboxylic acids is 3. The number of nitrogens with zero attached hydrogens (tertiary/aromatic N) is 2. The van der Waals surface area contributed by atoms with E-state index < -0.39 is 0 Å². The standard InChI is InChI=1S/C19H24N2O4/c1-2-25-16-4-3-11-20(13-16)19(24)15-7-5-14(6-8-15)12-21-17(22)9-10-18(21)23/h5-8,16H,2-4,9-13H2,1H3. The summed E-state index contributed by atoms with van der Waals surface area (Å²) < 4.78 is 5.65. The molecule has 0 spiro atoms. The van der Waals surface area contributed by atoms with Gasteiger partial charge in [0.15, 0.2) is 0 Å². The van der Waals surface area contributed by atoms with E-state index >= 15 is 0 Å². The molecular formula is C19H24N2O4. The Hall–Kier alpha value is -2.21. The van der Waals surface area contributed by atoms with Crippen molar-refractivity contribution < 1.29 is 19.1 Å². The molecule has 2 fully saturated rings. The van der Waals surface area contributed by atoms with E-state index in [0.717, 1.165) is 24.9 Å². The molecule has 2 saturated heterocycles. The molecule has 2 aliphatic heterocycles. The van der Waals surface area contributed by atoms with Gasteiger partial charge in [0.25, 0.3) is 5.91 Å². The Morgan fingerprint density at radius 1 is 1.16 bits per heavy atom. The molecule has 25 heavy (non-hydrogen) atoms. The van der Waals surface area contributed by atoms with Gasteiger partial charge in [-0.25, -0.2) is 0 Å². The Balaban J connectivity index is 1.62. The number of benzene rings is 1. The van der Waals surface area contributed by atoms with Gasteiger partial charge in [0.1, 0.15) is 0 Å². The fraction of sp³-hybridized carbons (Fsp3) is 0.526. The Morgan fingerprint density at radius 3 is 2.48 bits per heavy atom. The smallest absolute Gasteiger partial charge is 0.253 e. The van der Waals surface area contributed by atoms with Crippen molar-refractivity contribution in [2.75, 3.05) is 19.7 Å². The number of ether oxygens (including phenoxy) is 1. The summed E-state index contributed by atoms with van der Waals surface area (Å²) in [6.45, 7) is 4.29. The minimum atomic E-state index is -0.125. The molecule has 3 amide bonds. The quantitative estimate of drug-likeness (QED) is 0.766. The zero-order valence-corrected chi connectivity index (χ0v) is 14.6. The number of piperidine rings is 1. The second-order valence-corrected chi connectivity index (χ2v) is 6.54. The van der Waals surface area contributed by atoms with Crippen molar-refractivity contribution in [2.45, 2.75) is 45.3 Å². The van der Waals surface area contributed by atoms with Gasteiger partial charge in [0, 0.05) is 38.1 Å². The summed E-state index contributed by atoms with van der Waals surface area (Å²) in [5.74, 6) is -0.245. The lowest BCUT2D eigenvalue weighted by Gasteiger charge is -2.32. The van der Waals surface area contributed by atoms with E-state index in [-0.39, 0.29) is 30.4 Å². The minimum absolute atomic E-state index is 0.00396. The van der Waals surface area contributed by atoms with Gasteiger partial charge >= 0.3 is 0 Å². The first-order chi connectivity index (χ1) is 12.1. The highest BCUT2D eigenvalue weighted by molar-refractivity contribution is 6.01. The monoisotopic (exact) mass is 344 g/mol. The molecule has 1 unspecified atom stereocenters. The molecule has 1 atom stereocenters. The van der Waals surface area contributed by atoms with Gasteiger partial charge in [-0.3, -0.25) is 19.3 Å². The van der Waals surface area contributed by atoms with Crippen LogP contribution in [0.1, 0.15) is 48.5 Å². The molecule has 6 nitrogen and oxygen atoms in total. The number of hydrogen-bond donors (Lipinski definition) is 0. The first-order valence-electron chi connectivity index (χ1n) is 8.91. The molecule has 0 aromatic heterocycles. The van der Waals surface area contributed by atoms with Gasteiger partial charge in [0.05, 0.1) is 12.6 Å². The van der Waals surface area contributed by atoms with E-state index in [2.05, 4.69) is 0 Å². The SMILES string of the molecule is CCOC1CCCN(C(=O)c2ccc(CN3C(=O)CCC3=O)cc2)C1. The zero-order valence-electron chi connectivity index (χ0n) is 14.6. The van der Waals surface area contributed by atoms with Gasteiger partial charge < -0.3 is 9.64 Å². The molecule has 2 aliphatic rings. The van der Waals surface area contributed by atoms with Crippen LogP contribution in [0, 0.1) is 0 Å². The molecule has 0 aliphatic carbocycles. The van der Waals surface area contributed by atoms with Crippen molar-refractivity contribution in [2.24, 2.45) is 0 Å². The Labute approximate surface area is 147 Å². The fourth-order valence-corrected chi connectivity index (χ4v) is 3.41. The normalized spacial score (nSPS) is 21.1. The molecule has 0 N–H and O–H groups in total. The maximum absolute atomic E-state index is 12.7. The number of hydrogen-bond acceptors (Lipinski definition) is 4. The second-order valence-electron chi connectivity index (χ2n) is 6.54. The summed E-state index contributed by atoms with van der Waals surface area (Å²) in [5.41, 5.74) is 1.48. The second kappa shape index (κ2) is 7.78. The van der Waals surface area contributed by atoms with Crippen LogP contribution in [-0.4, -0.2) is 53.3 Å². The van der Waals surface area contributed by atoms with Crippen LogP contribution in [0.25, 0.3) is 0 Å². The summed E-state index contributed by atoms with van der Waals surface area (Å²) in [7, 11) is 0. The molecule has 0 radical (unpaired) electrons. The number of rotatable bonds is 5. The van der Waals surface area contributed by atoms with Crippen LogP contribution in [0.15, 0.2) is 24.3 Å². The maximum atomic E-state index is 12.7. The van der Waals surface area contributed by atoms with Crippen LogP contribution in [-0.2, 0) is 20.9 Å². The number of imide groups is 1. The van der Waals surface area contributed by atoms with E-state index in [9.17, 15) is 14.4 Å². The predicted molar refractivity (Wildman–Crippen MR) is 91.8 cm³/mol. The molecule has 2 heterocycles. The fourth-order valence-electron chi connectivity index (χ4n) is 3.41. The molecule has 0 bridgehead atoms. The van der Waals surface area contributed by atoms with Crippen LogP contribution in [0.5, 0.6) is 0 Å². The minimum Gasteiger partial charge on any atom is -0.377 e. The summed E-state index contributed by atoms with van der Waals surface area (Å²) in [4.78, 5) is 39.2. The first-order valence-corrected chi connectivity index (χ1v) is 8.91. The van der Waals surface area contributed by atoms with Crippen molar-refractivity contribution in [1.29, 1.82) is 0 Å². The van der Waals surface area contributed by atoms with Crippen LogP contribution >= 0.6 is 0 Å². The van der Waals surface area contributed by atoms with Crippen molar-refractivity contribution in [1.82, 2.24) is 9.80 Å². The first kappa shape index (κ1) is 17.6. The molecule has 1 aromatic rings. The van der Waals surface area contributed by atoms with Crippen LogP contribution in [0.2, 0.25) is 0 Å². The van der Waals surface area contributed by atoms with E-state index in [4.69, 9.17) is 4.74 Å². The Kier molecular flexibility index (Phi) is 5.48. The van der Waals surface area contributed by atoms with Crippen molar-refractivity contribution >= 4 is 17.7 Å². The third-order valence-corrected chi connectivity index (χ3v) is 4.76. The van der Waals surface area contributed by atoms with E-state index in [1.54, 1.807) is 12.1 Å². The number of carbonyl (C=O) groups is 3. The Morgan fingerprint density at radius 2 is 1.84 bits per heavy atom. The molecule has 6 heteroatoms. The highest BCUT2D eigenvalue weighted by atomic mass is 16.5. The summed E-state index contributed by atoms with van der Waals surface area (Å²) in [6.07, 6.45) is 2.66. The van der Waals surface area contributed by atoms with E-state index in [1.165, 1.54) is 4.90 Å². The maximum Gasteiger partial charge on any atom is 0.253 e. The topological polar surface area (TPSA) is 66.9 Å². The molecule has 3 rings (SSSR count). The van der Waals surface area contributed by atoms with Gasteiger partial charge in [-0.2, -0.15) is 0 Å². The number of amides is 3. The van der Waals surface area contributed by atoms with E-state index in [1.807, 2.05) is 24.0 Å². The summed E-state index contributed by atoms with van der Waals surface area (Å²) >= 11 is 0. The van der Waals surface area contributed by atoms with Crippen LogP contribution in [0.4, 0.5) is 0 Å². The zero-order chi connectivity index (χ0) is 17.8. The molecular weight excluding hydrogens is 320 g/mol.